The molecule has 0 bridgehead atoms. The van der Waals surface area contributed by atoms with Crippen molar-refractivity contribution < 1.29 is 13.6 Å². The van der Waals surface area contributed by atoms with E-state index in [1.54, 1.807) is 18.6 Å². The van der Waals surface area contributed by atoms with Gasteiger partial charge in [-0.1, -0.05) is 35.5 Å². The van der Waals surface area contributed by atoms with Crippen LogP contribution < -0.4 is 0 Å². The number of carbonyl (C=O) groups is 1. The van der Waals surface area contributed by atoms with Crippen LogP contribution in [0.1, 0.15) is 37.6 Å². The van der Waals surface area contributed by atoms with Crippen LogP contribution in [0.3, 0.4) is 0 Å². The van der Waals surface area contributed by atoms with E-state index in [0.717, 1.165) is 11.3 Å². The first kappa shape index (κ1) is 22.5. The van der Waals surface area contributed by atoms with E-state index in [-0.39, 0.29) is 11.9 Å². The monoisotopic (exact) mass is 495 g/mol. The number of thioether (sulfide) groups is 1. The molecule has 1 aliphatic rings. The van der Waals surface area contributed by atoms with Gasteiger partial charge in [0.25, 0.3) is 5.91 Å². The second-order valence-electron chi connectivity index (χ2n) is 7.76. The molecule has 5 rings (SSSR count). The number of amides is 1. The molecule has 0 spiro atoms. The van der Waals surface area contributed by atoms with Gasteiger partial charge >= 0.3 is 0 Å². The number of nitrogens with zero attached hydrogens (tertiary/aromatic N) is 5. The van der Waals surface area contributed by atoms with Crippen molar-refractivity contribution in [1.29, 1.82) is 0 Å². The van der Waals surface area contributed by atoms with Crippen molar-refractivity contribution in [2.45, 2.75) is 43.3 Å². The number of halogens is 1. The molecular formula is C24H22ClN5O3S. The summed E-state index contributed by atoms with van der Waals surface area (Å²) in [6, 6.07) is 14.5. The molecule has 1 amide bonds. The fourth-order valence-corrected chi connectivity index (χ4v) is 4.96. The predicted octanol–water partition coefficient (Wildman–Crippen LogP) is 5.66. The van der Waals surface area contributed by atoms with E-state index in [2.05, 4.69) is 10.2 Å². The lowest BCUT2D eigenvalue weighted by Gasteiger charge is -2.22. The molecule has 10 heteroatoms. The quantitative estimate of drug-likeness (QED) is 0.307. The van der Waals surface area contributed by atoms with Crippen molar-refractivity contribution in [3.63, 3.8) is 0 Å². The molecule has 2 atom stereocenters. The van der Waals surface area contributed by atoms with Gasteiger partial charge in [0.2, 0.25) is 0 Å². The van der Waals surface area contributed by atoms with Crippen molar-refractivity contribution in [3.8, 4) is 11.6 Å². The number of hydrazone groups is 1. The van der Waals surface area contributed by atoms with Crippen molar-refractivity contribution in [2.24, 2.45) is 5.10 Å². The fraction of sp³-hybridized carbons (Fsp3) is 0.250. The zero-order valence-corrected chi connectivity index (χ0v) is 20.2. The number of benzene rings is 1. The topological polar surface area (TPSA) is 89.7 Å². The van der Waals surface area contributed by atoms with Gasteiger partial charge in [0.15, 0.2) is 16.7 Å². The Morgan fingerprint density at radius 2 is 1.91 bits per heavy atom. The maximum absolute atomic E-state index is 13.6. The number of hydrogen-bond acceptors (Lipinski definition) is 7. The van der Waals surface area contributed by atoms with E-state index in [1.807, 2.05) is 60.9 Å². The molecule has 8 nitrogen and oxygen atoms in total. The Hall–Kier alpha value is -3.30. The smallest absolute Gasteiger partial charge is 0.256 e. The largest absolute Gasteiger partial charge is 0.467 e. The maximum atomic E-state index is 13.6. The van der Waals surface area contributed by atoms with Gasteiger partial charge in [-0.3, -0.25) is 9.36 Å². The van der Waals surface area contributed by atoms with Crippen LogP contribution in [0.15, 0.2) is 80.1 Å². The van der Waals surface area contributed by atoms with Gasteiger partial charge in [-0.05, 0) is 55.8 Å². The summed E-state index contributed by atoms with van der Waals surface area (Å²) in [6.45, 7) is 4.50. The first-order chi connectivity index (χ1) is 16.5. The third-order valence-corrected chi connectivity index (χ3v) is 6.91. The Balaban J connectivity index is 1.40. The lowest BCUT2D eigenvalue weighted by atomic mass is 10.0. The maximum Gasteiger partial charge on any atom is 0.256 e. The van der Waals surface area contributed by atoms with Gasteiger partial charge in [0.1, 0.15) is 11.8 Å². The molecule has 1 aliphatic heterocycles. The number of carbonyl (C=O) groups excluding carboxylic acids is 1. The van der Waals surface area contributed by atoms with Gasteiger partial charge in [-0.15, -0.1) is 10.2 Å². The van der Waals surface area contributed by atoms with E-state index < -0.39 is 5.25 Å². The molecule has 0 saturated carbocycles. The van der Waals surface area contributed by atoms with Gasteiger partial charge < -0.3 is 8.83 Å². The summed E-state index contributed by atoms with van der Waals surface area (Å²) < 4.78 is 13.1. The van der Waals surface area contributed by atoms with E-state index in [4.69, 9.17) is 25.5 Å². The molecule has 0 radical (unpaired) electrons. The van der Waals surface area contributed by atoms with Crippen LogP contribution in [0.4, 0.5) is 0 Å². The van der Waals surface area contributed by atoms with Crippen molar-refractivity contribution in [1.82, 2.24) is 19.8 Å². The second kappa shape index (κ2) is 9.52. The van der Waals surface area contributed by atoms with E-state index in [0.29, 0.717) is 40.5 Å². The third kappa shape index (κ3) is 4.28. The van der Waals surface area contributed by atoms with Gasteiger partial charge in [-0.25, -0.2) is 5.01 Å². The summed E-state index contributed by atoms with van der Waals surface area (Å²) in [7, 11) is 0. The Kier molecular flexibility index (Phi) is 6.30. The summed E-state index contributed by atoms with van der Waals surface area (Å²) in [5.74, 6) is 1.82. The molecule has 0 aliphatic carbocycles. The van der Waals surface area contributed by atoms with Crippen LogP contribution in [0.25, 0.3) is 11.6 Å². The Labute approximate surface area is 205 Å². The summed E-state index contributed by atoms with van der Waals surface area (Å²) >= 11 is 7.39. The highest BCUT2D eigenvalue weighted by atomic mass is 35.5. The average molecular weight is 496 g/mol. The second-order valence-corrected chi connectivity index (χ2v) is 9.50. The lowest BCUT2D eigenvalue weighted by Crippen LogP contribution is -2.33. The summed E-state index contributed by atoms with van der Waals surface area (Å²) in [6.07, 6.45) is 3.75. The van der Waals surface area contributed by atoms with E-state index >= 15 is 0 Å². The van der Waals surface area contributed by atoms with Crippen LogP contribution in [-0.4, -0.2) is 36.6 Å². The molecule has 174 valence electrons. The molecule has 4 heterocycles. The van der Waals surface area contributed by atoms with Crippen LogP contribution in [0.2, 0.25) is 5.02 Å². The SMILES string of the molecule is CCn1c(S[C@@H](C)C(=O)N2N=C(c3ccc(Cl)cc3)C[C@@H]2c2ccco2)nnc1-c1ccco1. The number of rotatable bonds is 7. The molecule has 0 saturated heterocycles. The fourth-order valence-electron chi connectivity index (χ4n) is 3.88. The minimum Gasteiger partial charge on any atom is -0.467 e. The molecule has 0 N–H and O–H groups in total. The average Bonchev–Trinajstić information content (AvgIpc) is 3.65. The molecule has 1 aromatic carbocycles. The predicted molar refractivity (Wildman–Crippen MR) is 130 cm³/mol. The van der Waals surface area contributed by atoms with Crippen molar-refractivity contribution in [2.75, 3.05) is 0 Å². The van der Waals surface area contributed by atoms with E-state index in [1.165, 1.54) is 16.8 Å². The zero-order chi connectivity index (χ0) is 23.7. The molecule has 34 heavy (non-hydrogen) atoms. The van der Waals surface area contributed by atoms with Crippen LogP contribution in [0.5, 0.6) is 0 Å². The van der Waals surface area contributed by atoms with Crippen LogP contribution >= 0.6 is 23.4 Å². The Morgan fingerprint density at radius 3 is 2.59 bits per heavy atom. The van der Waals surface area contributed by atoms with Crippen molar-refractivity contribution in [3.05, 3.63) is 77.4 Å². The minimum absolute atomic E-state index is 0.138. The Bertz CT molecular complexity index is 1300. The number of furan rings is 2. The van der Waals surface area contributed by atoms with Crippen LogP contribution in [-0.2, 0) is 11.3 Å². The van der Waals surface area contributed by atoms with Gasteiger partial charge in [0, 0.05) is 18.0 Å². The summed E-state index contributed by atoms with van der Waals surface area (Å²) in [4.78, 5) is 13.6. The molecule has 3 aromatic heterocycles. The summed E-state index contributed by atoms with van der Waals surface area (Å²) in [5, 5.41) is 15.7. The minimum atomic E-state index is -0.454. The summed E-state index contributed by atoms with van der Waals surface area (Å²) in [5.41, 5.74) is 1.73. The van der Waals surface area contributed by atoms with Crippen LogP contribution in [0, 0.1) is 0 Å². The van der Waals surface area contributed by atoms with E-state index in [9.17, 15) is 4.79 Å². The zero-order valence-electron chi connectivity index (χ0n) is 18.6. The lowest BCUT2D eigenvalue weighted by molar-refractivity contribution is -0.132. The van der Waals surface area contributed by atoms with Crippen molar-refractivity contribution >= 4 is 35.0 Å². The molecule has 0 fully saturated rings. The third-order valence-electron chi connectivity index (χ3n) is 5.59. The first-order valence-electron chi connectivity index (χ1n) is 10.9. The molecule has 0 unspecified atom stereocenters. The highest BCUT2D eigenvalue weighted by Crippen LogP contribution is 2.36. The Morgan fingerprint density at radius 1 is 1.15 bits per heavy atom. The number of aromatic nitrogens is 3. The standard InChI is InChI=1S/C24H22ClN5O3S/c1-3-29-22(21-7-5-13-33-21)26-27-24(29)34-15(2)23(31)30-19(20-6-4-12-32-20)14-18(28-30)16-8-10-17(25)11-9-16/h4-13,15,19H,3,14H2,1-2H3/t15-,19+/m0/s1. The van der Waals surface area contributed by atoms with Gasteiger partial charge in [-0.2, -0.15) is 5.10 Å². The molecular weight excluding hydrogens is 474 g/mol. The first-order valence-corrected chi connectivity index (χ1v) is 12.1. The number of hydrogen-bond donors (Lipinski definition) is 0. The van der Waals surface area contributed by atoms with Gasteiger partial charge in [0.05, 0.1) is 23.5 Å². The normalized spacial score (nSPS) is 16.6. The highest BCUT2D eigenvalue weighted by Gasteiger charge is 2.37. The molecule has 4 aromatic rings. The highest BCUT2D eigenvalue weighted by molar-refractivity contribution is 8.00.